The molecule has 0 saturated carbocycles. The van der Waals surface area contributed by atoms with Gasteiger partial charge in [0, 0.05) is 52.9 Å². The molecule has 32 heavy (non-hydrogen) atoms. The van der Waals surface area contributed by atoms with Crippen molar-refractivity contribution in [3.8, 4) is 5.75 Å². The average Bonchev–Trinajstić information content (AvgIpc) is 3.18. The van der Waals surface area contributed by atoms with Crippen LogP contribution in [-0.2, 0) is 20.8 Å². The molecule has 1 saturated heterocycles. The van der Waals surface area contributed by atoms with Crippen molar-refractivity contribution in [3.63, 3.8) is 0 Å². The van der Waals surface area contributed by atoms with E-state index in [0.29, 0.717) is 19.7 Å². The molecule has 0 N–H and O–H groups in total. The molecule has 0 spiro atoms. The van der Waals surface area contributed by atoms with Gasteiger partial charge in [-0.05, 0) is 30.0 Å². The SMILES string of the molecule is COCCN(C[C@H]1CN(Cc2cccc(C)c2)C[C@@H]1c1ccccc1OC)C(=O)COC. The van der Waals surface area contributed by atoms with Gasteiger partial charge < -0.3 is 19.1 Å². The zero-order valence-corrected chi connectivity index (χ0v) is 19.8. The van der Waals surface area contributed by atoms with Crippen molar-refractivity contribution in [1.29, 1.82) is 0 Å². The predicted molar refractivity (Wildman–Crippen MR) is 126 cm³/mol. The highest BCUT2D eigenvalue weighted by atomic mass is 16.5. The third-order valence-electron chi connectivity index (χ3n) is 6.18. The molecular formula is C26H36N2O4. The molecule has 1 aliphatic rings. The molecule has 2 aromatic carbocycles. The summed E-state index contributed by atoms with van der Waals surface area (Å²) in [6.07, 6.45) is 0. The Bertz CT molecular complexity index is 872. The van der Waals surface area contributed by atoms with Gasteiger partial charge in [0.1, 0.15) is 12.4 Å². The lowest BCUT2D eigenvalue weighted by Gasteiger charge is -2.29. The number of rotatable bonds is 11. The lowest BCUT2D eigenvalue weighted by molar-refractivity contribution is -0.136. The number of hydrogen-bond acceptors (Lipinski definition) is 5. The van der Waals surface area contributed by atoms with Crippen LogP contribution in [0.3, 0.4) is 0 Å². The summed E-state index contributed by atoms with van der Waals surface area (Å²) in [5.41, 5.74) is 3.80. The first-order valence-electron chi connectivity index (χ1n) is 11.2. The normalized spacial score (nSPS) is 18.6. The van der Waals surface area contributed by atoms with Crippen LogP contribution < -0.4 is 4.74 Å². The number of carbonyl (C=O) groups is 1. The number of aryl methyl sites for hydroxylation is 1. The second kappa shape index (κ2) is 12.0. The average molecular weight is 441 g/mol. The topological polar surface area (TPSA) is 51.2 Å². The smallest absolute Gasteiger partial charge is 0.248 e. The van der Waals surface area contributed by atoms with Gasteiger partial charge in [0.05, 0.1) is 13.7 Å². The second-order valence-corrected chi connectivity index (χ2v) is 8.56. The van der Waals surface area contributed by atoms with E-state index in [0.717, 1.165) is 25.4 Å². The quantitative estimate of drug-likeness (QED) is 0.536. The fraction of sp³-hybridized carbons (Fsp3) is 0.500. The number of hydrogen-bond donors (Lipinski definition) is 0. The number of carbonyl (C=O) groups excluding carboxylic acids is 1. The first kappa shape index (κ1) is 24.2. The number of para-hydroxylation sites is 1. The summed E-state index contributed by atoms with van der Waals surface area (Å²) in [4.78, 5) is 17.1. The third-order valence-corrected chi connectivity index (χ3v) is 6.18. The van der Waals surface area contributed by atoms with Crippen LogP contribution in [0.2, 0.25) is 0 Å². The summed E-state index contributed by atoms with van der Waals surface area (Å²) >= 11 is 0. The highest BCUT2D eigenvalue weighted by molar-refractivity contribution is 5.77. The summed E-state index contributed by atoms with van der Waals surface area (Å²) in [6, 6.07) is 16.9. The van der Waals surface area contributed by atoms with E-state index in [4.69, 9.17) is 14.2 Å². The van der Waals surface area contributed by atoms with Crippen molar-refractivity contribution in [2.45, 2.75) is 19.4 Å². The standard InChI is InChI=1S/C26H36N2O4/c1-20-8-7-9-21(14-20)15-27-16-22(17-28(12-13-30-2)26(29)19-31-3)24(18-27)23-10-5-6-11-25(23)32-4/h5-11,14,22,24H,12-13,15-19H2,1-4H3/t22-,24+/m1/s1. The maximum absolute atomic E-state index is 12.7. The number of amides is 1. The van der Waals surface area contributed by atoms with Gasteiger partial charge in [-0.25, -0.2) is 0 Å². The minimum atomic E-state index is 0.000427. The van der Waals surface area contributed by atoms with Gasteiger partial charge in [0.25, 0.3) is 0 Å². The van der Waals surface area contributed by atoms with Crippen LogP contribution in [0.1, 0.15) is 22.6 Å². The highest BCUT2D eigenvalue weighted by Crippen LogP contribution is 2.38. The van der Waals surface area contributed by atoms with Crippen molar-refractivity contribution in [2.24, 2.45) is 5.92 Å². The number of nitrogens with zero attached hydrogens (tertiary/aromatic N) is 2. The van der Waals surface area contributed by atoms with E-state index in [-0.39, 0.29) is 24.3 Å². The molecule has 1 amide bonds. The van der Waals surface area contributed by atoms with Crippen molar-refractivity contribution < 1.29 is 19.0 Å². The number of methoxy groups -OCH3 is 3. The Labute approximate surface area is 192 Å². The lowest BCUT2D eigenvalue weighted by Crippen LogP contribution is -2.41. The van der Waals surface area contributed by atoms with E-state index in [2.05, 4.69) is 48.2 Å². The van der Waals surface area contributed by atoms with Crippen molar-refractivity contribution in [3.05, 3.63) is 65.2 Å². The van der Waals surface area contributed by atoms with Crippen LogP contribution in [0.15, 0.2) is 48.5 Å². The second-order valence-electron chi connectivity index (χ2n) is 8.56. The number of ether oxygens (including phenoxy) is 3. The molecule has 1 aliphatic heterocycles. The molecule has 0 aliphatic carbocycles. The molecule has 1 fully saturated rings. The van der Waals surface area contributed by atoms with Crippen LogP contribution in [0.25, 0.3) is 0 Å². The third kappa shape index (κ3) is 6.31. The molecule has 2 aromatic rings. The Hall–Kier alpha value is -2.41. The summed E-state index contributed by atoms with van der Waals surface area (Å²) in [5, 5.41) is 0. The predicted octanol–water partition coefficient (Wildman–Crippen LogP) is 3.34. The Balaban J connectivity index is 1.84. The first-order valence-corrected chi connectivity index (χ1v) is 11.2. The Kier molecular flexibility index (Phi) is 9.09. The van der Waals surface area contributed by atoms with Gasteiger partial charge in [0.15, 0.2) is 0 Å². The van der Waals surface area contributed by atoms with Crippen LogP contribution in [0.5, 0.6) is 5.75 Å². The van der Waals surface area contributed by atoms with Gasteiger partial charge in [-0.15, -0.1) is 0 Å². The van der Waals surface area contributed by atoms with E-state index in [1.165, 1.54) is 16.7 Å². The van der Waals surface area contributed by atoms with Gasteiger partial charge in [0.2, 0.25) is 5.91 Å². The van der Waals surface area contributed by atoms with E-state index in [1.807, 2.05) is 17.0 Å². The van der Waals surface area contributed by atoms with Gasteiger partial charge >= 0.3 is 0 Å². The Morgan fingerprint density at radius 1 is 1.06 bits per heavy atom. The molecule has 1 heterocycles. The molecule has 6 nitrogen and oxygen atoms in total. The molecule has 2 atom stereocenters. The molecule has 0 bridgehead atoms. The van der Waals surface area contributed by atoms with E-state index in [1.54, 1.807) is 21.3 Å². The molecule has 174 valence electrons. The summed E-state index contributed by atoms with van der Waals surface area (Å²) in [7, 11) is 4.94. The number of benzene rings is 2. The Morgan fingerprint density at radius 2 is 1.88 bits per heavy atom. The zero-order chi connectivity index (χ0) is 22.9. The van der Waals surface area contributed by atoms with Gasteiger partial charge in [-0.1, -0.05) is 48.0 Å². The largest absolute Gasteiger partial charge is 0.496 e. The molecule has 6 heteroatoms. The maximum atomic E-state index is 12.7. The lowest BCUT2D eigenvalue weighted by atomic mass is 9.88. The van der Waals surface area contributed by atoms with E-state index < -0.39 is 0 Å². The fourth-order valence-corrected chi connectivity index (χ4v) is 4.69. The van der Waals surface area contributed by atoms with Crippen molar-refractivity contribution in [2.75, 3.05) is 60.7 Å². The monoisotopic (exact) mass is 440 g/mol. The van der Waals surface area contributed by atoms with Crippen LogP contribution in [0.4, 0.5) is 0 Å². The summed E-state index contributed by atoms with van der Waals surface area (Å²) in [6.45, 7) is 6.69. The minimum Gasteiger partial charge on any atom is -0.496 e. The van der Waals surface area contributed by atoms with Gasteiger partial charge in [-0.2, -0.15) is 0 Å². The maximum Gasteiger partial charge on any atom is 0.248 e. The molecule has 0 radical (unpaired) electrons. The fourth-order valence-electron chi connectivity index (χ4n) is 4.69. The Morgan fingerprint density at radius 3 is 2.59 bits per heavy atom. The van der Waals surface area contributed by atoms with E-state index in [9.17, 15) is 4.79 Å². The van der Waals surface area contributed by atoms with Crippen LogP contribution >= 0.6 is 0 Å². The molecular weight excluding hydrogens is 404 g/mol. The van der Waals surface area contributed by atoms with Crippen molar-refractivity contribution in [1.82, 2.24) is 9.80 Å². The summed E-state index contributed by atoms with van der Waals surface area (Å²) < 4.78 is 16.1. The highest BCUT2D eigenvalue weighted by Gasteiger charge is 2.37. The molecule has 3 rings (SSSR count). The number of likely N-dealkylation sites (tertiary alicyclic amines) is 1. The zero-order valence-electron chi connectivity index (χ0n) is 19.8. The van der Waals surface area contributed by atoms with Crippen LogP contribution in [-0.4, -0.2) is 76.4 Å². The van der Waals surface area contributed by atoms with E-state index >= 15 is 0 Å². The molecule has 0 aromatic heterocycles. The molecule has 0 unspecified atom stereocenters. The summed E-state index contributed by atoms with van der Waals surface area (Å²) in [5.74, 6) is 1.47. The minimum absolute atomic E-state index is 0.000427. The van der Waals surface area contributed by atoms with Gasteiger partial charge in [-0.3, -0.25) is 9.69 Å². The first-order chi connectivity index (χ1) is 15.5. The van der Waals surface area contributed by atoms with Crippen LogP contribution in [0, 0.1) is 12.8 Å². The van der Waals surface area contributed by atoms with Crippen molar-refractivity contribution >= 4 is 5.91 Å².